The second-order valence-corrected chi connectivity index (χ2v) is 6.73. The molecule has 0 bridgehead atoms. The highest BCUT2D eigenvalue weighted by molar-refractivity contribution is 5.68. The van der Waals surface area contributed by atoms with Crippen molar-refractivity contribution in [3.05, 3.63) is 35.9 Å². The molecule has 1 aromatic carbocycles. The molecule has 4 heteroatoms. The molecule has 0 heterocycles. The fourth-order valence-electron chi connectivity index (χ4n) is 2.87. The van der Waals surface area contributed by atoms with E-state index >= 15 is 0 Å². The zero-order valence-electron chi connectivity index (χ0n) is 13.1. The minimum Gasteiger partial charge on any atom is -0.444 e. The number of hydrogen-bond acceptors (Lipinski definition) is 3. The predicted molar refractivity (Wildman–Crippen MR) is 82.0 cm³/mol. The van der Waals surface area contributed by atoms with Gasteiger partial charge in [0.15, 0.2) is 0 Å². The Bertz CT molecular complexity index is 481. The number of amides is 1. The zero-order valence-corrected chi connectivity index (χ0v) is 13.1. The number of benzene rings is 1. The molecule has 1 aliphatic carbocycles. The van der Waals surface area contributed by atoms with Gasteiger partial charge < -0.3 is 15.2 Å². The maximum Gasteiger partial charge on any atom is 0.407 e. The SMILES string of the molecule is CC(C)(C)OC(=O)N[C@H]1CCCC[C@@]1(O)c1ccccc1. The van der Waals surface area contributed by atoms with Crippen molar-refractivity contribution in [3.8, 4) is 0 Å². The highest BCUT2D eigenvalue weighted by Gasteiger charge is 2.41. The van der Waals surface area contributed by atoms with Crippen molar-refractivity contribution in [1.82, 2.24) is 5.32 Å². The summed E-state index contributed by atoms with van der Waals surface area (Å²) in [4.78, 5) is 12.0. The standard InChI is InChI=1S/C17H25NO3/c1-16(2,3)21-15(19)18-14-11-7-8-12-17(14,20)13-9-5-4-6-10-13/h4-6,9-10,14,20H,7-8,11-12H2,1-3H3,(H,18,19)/t14-,17+/m0/s1. The summed E-state index contributed by atoms with van der Waals surface area (Å²) in [5, 5.41) is 13.9. The van der Waals surface area contributed by atoms with Gasteiger partial charge >= 0.3 is 6.09 Å². The lowest BCUT2D eigenvalue weighted by Crippen LogP contribution is -2.53. The average molecular weight is 291 g/mol. The second-order valence-electron chi connectivity index (χ2n) is 6.73. The van der Waals surface area contributed by atoms with Gasteiger partial charge in [0.25, 0.3) is 0 Å². The van der Waals surface area contributed by atoms with Gasteiger partial charge in [-0.05, 0) is 39.2 Å². The smallest absolute Gasteiger partial charge is 0.407 e. The molecule has 0 aliphatic heterocycles. The first-order valence-electron chi connectivity index (χ1n) is 7.59. The summed E-state index contributed by atoms with van der Waals surface area (Å²) in [5.74, 6) is 0. The van der Waals surface area contributed by atoms with E-state index in [1.54, 1.807) is 0 Å². The number of hydrogen-bond donors (Lipinski definition) is 2. The Balaban J connectivity index is 2.14. The Morgan fingerprint density at radius 3 is 2.57 bits per heavy atom. The molecule has 1 amide bonds. The van der Waals surface area contributed by atoms with E-state index in [1.807, 2.05) is 51.1 Å². The van der Waals surface area contributed by atoms with Crippen LogP contribution in [-0.2, 0) is 10.3 Å². The maximum absolute atomic E-state index is 12.0. The highest BCUT2D eigenvalue weighted by atomic mass is 16.6. The van der Waals surface area contributed by atoms with Crippen molar-refractivity contribution in [2.75, 3.05) is 0 Å². The van der Waals surface area contributed by atoms with Crippen molar-refractivity contribution in [2.24, 2.45) is 0 Å². The normalized spacial score (nSPS) is 26.2. The van der Waals surface area contributed by atoms with Crippen LogP contribution in [0.2, 0.25) is 0 Å². The average Bonchev–Trinajstić information content (AvgIpc) is 2.40. The molecule has 4 nitrogen and oxygen atoms in total. The molecular formula is C17H25NO3. The molecule has 0 radical (unpaired) electrons. The minimum atomic E-state index is -1.02. The van der Waals surface area contributed by atoms with E-state index in [9.17, 15) is 9.90 Å². The van der Waals surface area contributed by atoms with Crippen LogP contribution >= 0.6 is 0 Å². The van der Waals surface area contributed by atoms with Gasteiger partial charge in [-0.25, -0.2) is 4.79 Å². The van der Waals surface area contributed by atoms with E-state index < -0.39 is 17.3 Å². The van der Waals surface area contributed by atoms with Gasteiger partial charge in [-0.15, -0.1) is 0 Å². The molecular weight excluding hydrogens is 266 g/mol. The number of aliphatic hydroxyl groups is 1. The van der Waals surface area contributed by atoms with Gasteiger partial charge in [0, 0.05) is 0 Å². The van der Waals surface area contributed by atoms with E-state index in [0.29, 0.717) is 6.42 Å². The van der Waals surface area contributed by atoms with E-state index in [1.165, 1.54) is 0 Å². The van der Waals surface area contributed by atoms with E-state index in [0.717, 1.165) is 24.8 Å². The summed E-state index contributed by atoms with van der Waals surface area (Å²) in [7, 11) is 0. The first kappa shape index (κ1) is 15.8. The topological polar surface area (TPSA) is 58.6 Å². The van der Waals surface area contributed by atoms with Crippen LogP contribution in [0.5, 0.6) is 0 Å². The van der Waals surface area contributed by atoms with Crippen LogP contribution in [0.15, 0.2) is 30.3 Å². The number of carbonyl (C=O) groups is 1. The third-order valence-electron chi connectivity index (χ3n) is 3.84. The zero-order chi connectivity index (χ0) is 15.5. The number of ether oxygens (including phenoxy) is 1. The Kier molecular flexibility index (Phi) is 4.57. The Labute approximate surface area is 126 Å². The van der Waals surface area contributed by atoms with Crippen molar-refractivity contribution in [3.63, 3.8) is 0 Å². The van der Waals surface area contributed by atoms with Crippen LogP contribution in [0.25, 0.3) is 0 Å². The lowest BCUT2D eigenvalue weighted by molar-refractivity contribution is -0.0364. The predicted octanol–water partition coefficient (Wildman–Crippen LogP) is 3.34. The fraction of sp³-hybridized carbons (Fsp3) is 0.588. The van der Waals surface area contributed by atoms with Crippen molar-refractivity contribution >= 4 is 6.09 Å². The van der Waals surface area contributed by atoms with Crippen LogP contribution in [0.1, 0.15) is 52.0 Å². The number of nitrogens with one attached hydrogen (secondary N) is 1. The lowest BCUT2D eigenvalue weighted by atomic mass is 9.76. The lowest BCUT2D eigenvalue weighted by Gasteiger charge is -2.40. The molecule has 2 N–H and O–H groups in total. The van der Waals surface area contributed by atoms with E-state index in [2.05, 4.69) is 5.32 Å². The van der Waals surface area contributed by atoms with E-state index in [4.69, 9.17) is 4.74 Å². The summed E-state index contributed by atoms with van der Waals surface area (Å²) in [6, 6.07) is 9.25. The molecule has 1 fully saturated rings. The molecule has 116 valence electrons. The van der Waals surface area contributed by atoms with Crippen LogP contribution < -0.4 is 5.32 Å². The summed E-state index contributed by atoms with van der Waals surface area (Å²) in [6.07, 6.45) is 2.89. The number of alkyl carbamates (subject to hydrolysis) is 1. The molecule has 21 heavy (non-hydrogen) atoms. The van der Waals surface area contributed by atoms with Crippen molar-refractivity contribution < 1.29 is 14.6 Å². The molecule has 0 saturated heterocycles. The molecule has 0 aromatic heterocycles. The van der Waals surface area contributed by atoms with Gasteiger partial charge in [-0.2, -0.15) is 0 Å². The van der Waals surface area contributed by atoms with Crippen molar-refractivity contribution in [1.29, 1.82) is 0 Å². The summed E-state index contributed by atoms with van der Waals surface area (Å²) < 4.78 is 5.31. The fourth-order valence-corrected chi connectivity index (χ4v) is 2.87. The third-order valence-corrected chi connectivity index (χ3v) is 3.84. The third kappa shape index (κ3) is 3.97. The van der Waals surface area contributed by atoms with Gasteiger partial charge in [-0.3, -0.25) is 0 Å². The first-order chi connectivity index (χ1) is 9.81. The van der Waals surface area contributed by atoms with Crippen molar-refractivity contribution in [2.45, 2.75) is 63.7 Å². The number of rotatable bonds is 2. The minimum absolute atomic E-state index is 0.316. The largest absolute Gasteiger partial charge is 0.444 e. The van der Waals surface area contributed by atoms with E-state index in [-0.39, 0.29) is 6.04 Å². The molecule has 1 aromatic rings. The molecule has 0 spiro atoms. The Hall–Kier alpha value is -1.55. The summed E-state index contributed by atoms with van der Waals surface area (Å²) >= 11 is 0. The van der Waals surface area contributed by atoms with Crippen LogP contribution in [0.4, 0.5) is 4.79 Å². The van der Waals surface area contributed by atoms with Gasteiger partial charge in [0.05, 0.1) is 6.04 Å². The number of carbonyl (C=O) groups excluding carboxylic acids is 1. The first-order valence-corrected chi connectivity index (χ1v) is 7.59. The molecule has 0 unspecified atom stereocenters. The Morgan fingerprint density at radius 1 is 1.29 bits per heavy atom. The van der Waals surface area contributed by atoms with Gasteiger partial charge in [-0.1, -0.05) is 43.2 Å². The summed E-state index contributed by atoms with van der Waals surface area (Å²) in [6.45, 7) is 5.49. The monoisotopic (exact) mass is 291 g/mol. The molecule has 1 saturated carbocycles. The molecule has 2 rings (SSSR count). The van der Waals surface area contributed by atoms with Gasteiger partial charge in [0.2, 0.25) is 0 Å². The van der Waals surface area contributed by atoms with Crippen LogP contribution in [-0.4, -0.2) is 22.8 Å². The molecule has 1 aliphatic rings. The summed E-state index contributed by atoms with van der Waals surface area (Å²) in [5.41, 5.74) is -0.703. The highest BCUT2D eigenvalue weighted by Crippen LogP contribution is 2.37. The second kappa shape index (κ2) is 6.06. The van der Waals surface area contributed by atoms with Gasteiger partial charge in [0.1, 0.15) is 11.2 Å². The van der Waals surface area contributed by atoms with Crippen LogP contribution in [0, 0.1) is 0 Å². The van der Waals surface area contributed by atoms with Crippen LogP contribution in [0.3, 0.4) is 0 Å². The quantitative estimate of drug-likeness (QED) is 0.878. The molecule has 2 atom stereocenters. The maximum atomic E-state index is 12.0. The Morgan fingerprint density at radius 2 is 1.95 bits per heavy atom.